The molecular weight excluding hydrogens is 424 g/mol. The van der Waals surface area contributed by atoms with Crippen molar-refractivity contribution in [3.8, 4) is 5.75 Å². The molecule has 30 heavy (non-hydrogen) atoms. The molecule has 1 amide bonds. The number of anilines is 1. The van der Waals surface area contributed by atoms with Gasteiger partial charge in [-0.2, -0.15) is 0 Å². The van der Waals surface area contributed by atoms with Gasteiger partial charge < -0.3 is 9.15 Å². The molecule has 4 aromatic rings. The zero-order valence-electron chi connectivity index (χ0n) is 16.0. The number of hydrogen-bond acceptors (Lipinski definition) is 6. The number of halogens is 1. The Morgan fingerprint density at radius 1 is 1.23 bits per heavy atom. The lowest BCUT2D eigenvalue weighted by Crippen LogP contribution is -2.29. The number of hydrogen-bond donors (Lipinski definition) is 0. The number of aryl methyl sites for hydroxylation is 1. The Balaban J connectivity index is 1.86. The number of amides is 1. The monoisotopic (exact) mass is 438 g/mol. The maximum atomic E-state index is 13.6. The molecule has 0 saturated heterocycles. The Labute approximate surface area is 180 Å². The second-order valence-electron chi connectivity index (χ2n) is 6.91. The topological polar surface area (TPSA) is 72.6 Å². The predicted octanol–water partition coefficient (Wildman–Crippen LogP) is 4.97. The van der Waals surface area contributed by atoms with Crippen molar-refractivity contribution in [2.24, 2.45) is 0 Å². The fraction of sp³-hybridized carbons (Fsp3) is 0.136. The summed E-state index contributed by atoms with van der Waals surface area (Å²) in [5, 5.41) is 3.04. The first-order chi connectivity index (χ1) is 14.5. The summed E-state index contributed by atoms with van der Waals surface area (Å²) in [5.41, 5.74) is 1.72. The minimum Gasteiger partial charge on any atom is -0.496 e. The van der Waals surface area contributed by atoms with Gasteiger partial charge in [0.05, 0.1) is 18.1 Å². The van der Waals surface area contributed by atoms with E-state index in [0.29, 0.717) is 32.4 Å². The maximum absolute atomic E-state index is 13.6. The van der Waals surface area contributed by atoms with E-state index in [0.717, 1.165) is 5.56 Å². The molecule has 0 aliphatic carbocycles. The number of benzene rings is 2. The Kier molecular flexibility index (Phi) is 4.38. The normalized spacial score (nSPS) is 15.6. The molecule has 1 aliphatic rings. The molecule has 0 N–H and O–H groups in total. The summed E-state index contributed by atoms with van der Waals surface area (Å²) in [6, 6.07) is 9.84. The standard InChI is InChI=1S/C22H15ClN2O4S/c1-11-9-16-13(10-14(11)23)19(26)17-18(12-5-3-4-6-15(12)28-2)25(21(27)20(17)29-16)22-24-7-8-30-22/h3-10,18H,1-2H3. The lowest BCUT2D eigenvalue weighted by molar-refractivity contribution is 0.0970. The van der Waals surface area contributed by atoms with E-state index in [1.807, 2.05) is 25.1 Å². The molecule has 1 unspecified atom stereocenters. The summed E-state index contributed by atoms with van der Waals surface area (Å²) < 4.78 is 11.5. The van der Waals surface area contributed by atoms with E-state index in [-0.39, 0.29) is 16.8 Å². The lowest BCUT2D eigenvalue weighted by atomic mass is 9.97. The fourth-order valence-electron chi connectivity index (χ4n) is 3.81. The predicted molar refractivity (Wildman–Crippen MR) is 116 cm³/mol. The van der Waals surface area contributed by atoms with Crippen molar-refractivity contribution in [1.29, 1.82) is 0 Å². The number of methoxy groups -OCH3 is 1. The quantitative estimate of drug-likeness (QED) is 0.451. The minimum absolute atomic E-state index is 0.0142. The average Bonchev–Trinajstić information content (AvgIpc) is 3.36. The molecule has 0 radical (unpaired) electrons. The minimum atomic E-state index is -0.726. The van der Waals surface area contributed by atoms with Gasteiger partial charge in [0.15, 0.2) is 10.6 Å². The Morgan fingerprint density at radius 2 is 2.03 bits per heavy atom. The first kappa shape index (κ1) is 18.8. The summed E-state index contributed by atoms with van der Waals surface area (Å²) in [6.45, 7) is 1.82. The molecule has 5 rings (SSSR count). The van der Waals surface area contributed by atoms with E-state index in [2.05, 4.69) is 4.98 Å². The number of nitrogens with zero attached hydrogens (tertiary/aromatic N) is 2. The Morgan fingerprint density at radius 3 is 2.77 bits per heavy atom. The third-order valence-corrected chi connectivity index (χ3v) is 6.39. The van der Waals surface area contributed by atoms with Crippen LogP contribution < -0.4 is 15.1 Å². The summed E-state index contributed by atoms with van der Waals surface area (Å²) in [6.07, 6.45) is 1.62. The summed E-state index contributed by atoms with van der Waals surface area (Å²) in [5.74, 6) is 0.161. The summed E-state index contributed by atoms with van der Waals surface area (Å²) >= 11 is 7.57. The largest absolute Gasteiger partial charge is 0.496 e. The van der Waals surface area contributed by atoms with E-state index >= 15 is 0 Å². The number of ether oxygens (including phenoxy) is 1. The highest BCUT2D eigenvalue weighted by atomic mass is 35.5. The van der Waals surface area contributed by atoms with Gasteiger partial charge in [0.2, 0.25) is 5.76 Å². The van der Waals surface area contributed by atoms with E-state index in [4.69, 9.17) is 20.8 Å². The highest BCUT2D eigenvalue weighted by Crippen LogP contribution is 2.44. The first-order valence-corrected chi connectivity index (χ1v) is 10.4. The van der Waals surface area contributed by atoms with E-state index < -0.39 is 11.9 Å². The van der Waals surface area contributed by atoms with Crippen LogP contribution in [0.15, 0.2) is 57.2 Å². The van der Waals surface area contributed by atoms with Crippen LogP contribution in [0.3, 0.4) is 0 Å². The van der Waals surface area contributed by atoms with Gasteiger partial charge in [-0.15, -0.1) is 11.3 Å². The van der Waals surface area contributed by atoms with E-state index in [1.54, 1.807) is 36.9 Å². The van der Waals surface area contributed by atoms with Crippen molar-refractivity contribution in [2.45, 2.75) is 13.0 Å². The molecule has 3 heterocycles. The SMILES string of the molecule is COc1ccccc1C1c2c(oc3cc(C)c(Cl)cc3c2=O)C(=O)N1c1nccs1. The van der Waals surface area contributed by atoms with Crippen LogP contribution in [0.4, 0.5) is 5.13 Å². The van der Waals surface area contributed by atoms with Crippen molar-refractivity contribution in [3.63, 3.8) is 0 Å². The Bertz CT molecular complexity index is 1360. The molecule has 2 aromatic carbocycles. The zero-order valence-corrected chi connectivity index (χ0v) is 17.6. The zero-order chi connectivity index (χ0) is 21.0. The van der Waals surface area contributed by atoms with Crippen LogP contribution in [0.25, 0.3) is 11.0 Å². The molecule has 0 fully saturated rings. The van der Waals surface area contributed by atoms with Gasteiger partial charge in [0.1, 0.15) is 17.4 Å². The van der Waals surface area contributed by atoms with Gasteiger partial charge in [0.25, 0.3) is 5.91 Å². The fourth-order valence-corrected chi connectivity index (χ4v) is 4.64. The van der Waals surface area contributed by atoms with Gasteiger partial charge in [-0.1, -0.05) is 29.8 Å². The summed E-state index contributed by atoms with van der Waals surface area (Å²) in [4.78, 5) is 32.8. The van der Waals surface area contributed by atoms with Gasteiger partial charge in [-0.05, 0) is 30.7 Å². The highest BCUT2D eigenvalue weighted by Gasteiger charge is 2.45. The van der Waals surface area contributed by atoms with Crippen molar-refractivity contribution in [1.82, 2.24) is 4.98 Å². The molecule has 1 atom stereocenters. The van der Waals surface area contributed by atoms with E-state index in [1.165, 1.54) is 16.2 Å². The number of carbonyl (C=O) groups excluding carboxylic acids is 1. The van der Waals surface area contributed by atoms with Crippen LogP contribution in [0.5, 0.6) is 5.75 Å². The maximum Gasteiger partial charge on any atom is 0.297 e. The molecule has 8 heteroatoms. The molecule has 0 bridgehead atoms. The third kappa shape index (κ3) is 2.66. The van der Waals surface area contributed by atoms with Crippen LogP contribution in [0, 0.1) is 6.92 Å². The van der Waals surface area contributed by atoms with Crippen molar-refractivity contribution < 1.29 is 13.9 Å². The van der Waals surface area contributed by atoms with Crippen LogP contribution >= 0.6 is 22.9 Å². The smallest absolute Gasteiger partial charge is 0.297 e. The lowest BCUT2D eigenvalue weighted by Gasteiger charge is -2.24. The molecule has 1 aliphatic heterocycles. The number of fused-ring (bicyclic) bond motifs is 2. The second kappa shape index (κ2) is 6.97. The number of thiazole rings is 1. The number of carbonyl (C=O) groups is 1. The number of aromatic nitrogens is 1. The second-order valence-corrected chi connectivity index (χ2v) is 8.19. The molecule has 2 aromatic heterocycles. The van der Waals surface area contributed by atoms with Crippen molar-refractivity contribution in [3.05, 3.63) is 85.7 Å². The van der Waals surface area contributed by atoms with Gasteiger partial charge in [-0.25, -0.2) is 4.98 Å². The van der Waals surface area contributed by atoms with Crippen molar-refractivity contribution in [2.75, 3.05) is 12.0 Å². The molecule has 0 saturated carbocycles. The molecule has 0 spiro atoms. The molecule has 150 valence electrons. The van der Waals surface area contributed by atoms with Crippen molar-refractivity contribution >= 4 is 44.9 Å². The first-order valence-electron chi connectivity index (χ1n) is 9.14. The van der Waals surface area contributed by atoms with Crippen LogP contribution in [-0.4, -0.2) is 18.0 Å². The van der Waals surface area contributed by atoms with Crippen LogP contribution in [0.1, 0.15) is 33.3 Å². The molecular formula is C22H15ClN2O4S. The highest BCUT2D eigenvalue weighted by molar-refractivity contribution is 7.13. The van der Waals surface area contributed by atoms with E-state index in [9.17, 15) is 9.59 Å². The summed E-state index contributed by atoms with van der Waals surface area (Å²) in [7, 11) is 1.55. The van der Waals surface area contributed by atoms with Crippen LogP contribution in [-0.2, 0) is 0 Å². The van der Waals surface area contributed by atoms with Gasteiger partial charge in [0, 0.05) is 22.2 Å². The average molecular weight is 439 g/mol. The number of rotatable bonds is 3. The van der Waals surface area contributed by atoms with Gasteiger partial charge >= 0.3 is 0 Å². The van der Waals surface area contributed by atoms with Crippen LogP contribution in [0.2, 0.25) is 5.02 Å². The molecule has 6 nitrogen and oxygen atoms in total. The Hall–Kier alpha value is -3.16. The third-order valence-electron chi connectivity index (χ3n) is 5.21. The van der Waals surface area contributed by atoms with Gasteiger partial charge in [-0.3, -0.25) is 14.5 Å². The number of para-hydroxylation sites is 1.